The Morgan fingerprint density at radius 1 is 0.825 bits per heavy atom. The second-order valence-electron chi connectivity index (χ2n) is 10.4. The highest BCUT2D eigenvalue weighted by atomic mass is 35.5. The minimum Gasteiger partial charge on any atom is -0.497 e. The molecule has 1 saturated carbocycles. The van der Waals surface area contributed by atoms with Gasteiger partial charge in [-0.15, -0.1) is 0 Å². The first-order valence-electron chi connectivity index (χ1n) is 13.9. The molecule has 3 aromatic carbocycles. The van der Waals surface area contributed by atoms with E-state index in [0.29, 0.717) is 16.1 Å². The molecule has 40 heavy (non-hydrogen) atoms. The summed E-state index contributed by atoms with van der Waals surface area (Å²) < 4.78 is 7.81. The first kappa shape index (κ1) is 26.7. The molecule has 6 rings (SSSR count). The molecule has 0 unspecified atom stereocenters. The van der Waals surface area contributed by atoms with Crippen molar-refractivity contribution in [1.29, 1.82) is 0 Å². The second-order valence-corrected chi connectivity index (χ2v) is 11.3. The lowest BCUT2D eigenvalue weighted by molar-refractivity contribution is 0.415. The maximum absolute atomic E-state index is 6.28. The third-order valence-corrected chi connectivity index (χ3v) is 8.11. The highest BCUT2D eigenvalue weighted by Crippen LogP contribution is 2.33. The van der Waals surface area contributed by atoms with Crippen LogP contribution in [-0.4, -0.2) is 22.7 Å². The van der Waals surface area contributed by atoms with Crippen LogP contribution in [0.15, 0.2) is 83.9 Å². The molecule has 2 aliphatic carbocycles. The molecule has 0 aromatic heterocycles. The summed E-state index contributed by atoms with van der Waals surface area (Å²) in [7, 11) is 1.68. The number of aromatic nitrogens is 2. The Kier molecular flexibility index (Phi) is 7.94. The van der Waals surface area contributed by atoms with E-state index in [9.17, 15) is 0 Å². The average molecular weight is 572 g/mol. The molecule has 0 atom stereocenters. The van der Waals surface area contributed by atoms with E-state index in [4.69, 9.17) is 37.9 Å². The SMILES string of the molecule is COc1ccc2nc3cc(Nc4ccc(Cl)cc4)c(=NC4CCCCCCC4)cc-3n(-c3ccc(Cl)cc3)c2c1. The Balaban J connectivity index is 1.61. The third-order valence-electron chi connectivity index (χ3n) is 7.60. The summed E-state index contributed by atoms with van der Waals surface area (Å²) in [4.78, 5) is 10.5. The number of rotatable bonds is 5. The predicted octanol–water partition coefficient (Wildman–Crippen LogP) is 9.20. The number of benzene rings is 4. The summed E-state index contributed by atoms with van der Waals surface area (Å²) in [6.07, 6.45) is 8.57. The van der Waals surface area contributed by atoms with Gasteiger partial charge < -0.3 is 14.6 Å². The van der Waals surface area contributed by atoms with Crippen molar-refractivity contribution < 1.29 is 4.74 Å². The van der Waals surface area contributed by atoms with Crippen molar-refractivity contribution in [1.82, 2.24) is 9.55 Å². The molecule has 0 spiro atoms. The molecule has 5 nitrogen and oxygen atoms in total. The zero-order valence-electron chi connectivity index (χ0n) is 22.5. The van der Waals surface area contributed by atoms with Gasteiger partial charge in [-0.05, 0) is 85.6 Å². The maximum atomic E-state index is 6.28. The van der Waals surface area contributed by atoms with Gasteiger partial charge in [-0.1, -0.05) is 55.3 Å². The summed E-state index contributed by atoms with van der Waals surface area (Å²) in [6.45, 7) is 0. The van der Waals surface area contributed by atoms with E-state index in [1.54, 1.807) is 7.11 Å². The zero-order chi connectivity index (χ0) is 27.5. The number of ether oxygens (including phenoxy) is 1. The molecule has 1 heterocycles. The molecule has 1 fully saturated rings. The molecule has 0 radical (unpaired) electrons. The largest absolute Gasteiger partial charge is 0.497 e. The Hall–Kier alpha value is -3.54. The van der Waals surface area contributed by atoms with Crippen LogP contribution in [0.4, 0.5) is 11.4 Å². The number of hydrogen-bond acceptors (Lipinski definition) is 4. The molecule has 3 aliphatic rings. The summed E-state index contributed by atoms with van der Waals surface area (Å²) in [5, 5.41) is 5.93. The van der Waals surface area contributed by atoms with Gasteiger partial charge >= 0.3 is 0 Å². The van der Waals surface area contributed by atoms with Crippen LogP contribution in [0.2, 0.25) is 10.0 Å². The Morgan fingerprint density at radius 3 is 2.20 bits per heavy atom. The molecular weight excluding hydrogens is 539 g/mol. The Morgan fingerprint density at radius 2 is 1.50 bits per heavy atom. The number of anilines is 2. The van der Waals surface area contributed by atoms with Crippen LogP contribution in [0.25, 0.3) is 28.1 Å². The molecule has 7 heteroatoms. The number of nitrogens with one attached hydrogen (secondary N) is 1. The van der Waals surface area contributed by atoms with Gasteiger partial charge in [0, 0.05) is 27.5 Å². The van der Waals surface area contributed by atoms with E-state index in [0.717, 1.165) is 63.4 Å². The molecule has 0 amide bonds. The van der Waals surface area contributed by atoms with Crippen LogP contribution < -0.4 is 15.4 Å². The molecule has 3 aromatic rings. The van der Waals surface area contributed by atoms with Crippen molar-refractivity contribution in [2.75, 3.05) is 12.4 Å². The summed E-state index contributed by atoms with van der Waals surface area (Å²) >= 11 is 12.4. The normalized spacial score (nSPS) is 15.2. The monoisotopic (exact) mass is 570 g/mol. The van der Waals surface area contributed by atoms with Gasteiger partial charge in [0.2, 0.25) is 0 Å². The highest BCUT2D eigenvalue weighted by molar-refractivity contribution is 6.30. The minimum absolute atomic E-state index is 0.293. The van der Waals surface area contributed by atoms with Gasteiger partial charge in [0.1, 0.15) is 5.75 Å². The Labute approximate surface area is 244 Å². The van der Waals surface area contributed by atoms with E-state index in [1.807, 2.05) is 66.7 Å². The molecule has 1 aliphatic heterocycles. The number of fused-ring (bicyclic) bond motifs is 2. The van der Waals surface area contributed by atoms with E-state index >= 15 is 0 Å². The number of hydrogen-bond donors (Lipinski definition) is 1. The third kappa shape index (κ3) is 5.81. The first-order chi connectivity index (χ1) is 19.6. The lowest BCUT2D eigenvalue weighted by Crippen LogP contribution is -2.19. The van der Waals surface area contributed by atoms with Crippen molar-refractivity contribution in [2.24, 2.45) is 4.99 Å². The molecular formula is C33H32Cl2N4O. The van der Waals surface area contributed by atoms with Crippen molar-refractivity contribution >= 4 is 45.6 Å². The number of nitrogens with zero attached hydrogens (tertiary/aromatic N) is 3. The van der Waals surface area contributed by atoms with Crippen LogP contribution in [-0.2, 0) is 0 Å². The standard InChI is InChI=1S/C33H32Cl2N4O/c1-40-27-17-18-28-32(19-27)39(26-15-11-23(35)12-16-26)33-21-30(36-24-7-5-3-2-4-6-8-24)29(20-31(33)38-28)37-25-13-9-22(34)10-14-25/h9-21,24,37H,2-8H2,1H3. The van der Waals surface area contributed by atoms with Crippen LogP contribution in [0.3, 0.4) is 0 Å². The molecule has 1 N–H and O–H groups in total. The topological polar surface area (TPSA) is 51.4 Å². The van der Waals surface area contributed by atoms with Gasteiger partial charge in [-0.25, -0.2) is 4.98 Å². The molecule has 0 bridgehead atoms. The van der Waals surface area contributed by atoms with Gasteiger partial charge in [-0.3, -0.25) is 4.99 Å². The van der Waals surface area contributed by atoms with E-state index in [2.05, 4.69) is 22.0 Å². The predicted molar refractivity (Wildman–Crippen MR) is 166 cm³/mol. The van der Waals surface area contributed by atoms with Crippen LogP contribution >= 0.6 is 23.2 Å². The van der Waals surface area contributed by atoms with Crippen LogP contribution in [0.5, 0.6) is 5.75 Å². The summed E-state index contributed by atoms with van der Waals surface area (Å²) in [5.41, 5.74) is 6.52. The smallest absolute Gasteiger partial charge is 0.121 e. The number of methoxy groups -OCH3 is 1. The Bertz CT molecular complexity index is 1650. The fraction of sp³-hybridized carbons (Fsp3) is 0.273. The summed E-state index contributed by atoms with van der Waals surface area (Å²) in [5.74, 6) is 0.775. The fourth-order valence-electron chi connectivity index (χ4n) is 5.52. The highest BCUT2D eigenvalue weighted by Gasteiger charge is 2.18. The lowest BCUT2D eigenvalue weighted by Gasteiger charge is -2.21. The number of halogens is 2. The minimum atomic E-state index is 0.293. The molecule has 0 saturated heterocycles. The van der Waals surface area contributed by atoms with Gasteiger partial charge in [-0.2, -0.15) is 0 Å². The van der Waals surface area contributed by atoms with E-state index in [-0.39, 0.29) is 0 Å². The second kappa shape index (κ2) is 11.9. The van der Waals surface area contributed by atoms with Crippen molar-refractivity contribution in [3.63, 3.8) is 0 Å². The quantitative estimate of drug-likeness (QED) is 0.214. The van der Waals surface area contributed by atoms with Crippen molar-refractivity contribution in [2.45, 2.75) is 51.0 Å². The zero-order valence-corrected chi connectivity index (χ0v) is 24.1. The van der Waals surface area contributed by atoms with Crippen LogP contribution in [0.1, 0.15) is 44.9 Å². The lowest BCUT2D eigenvalue weighted by atomic mass is 9.97. The average Bonchev–Trinajstić information content (AvgIpc) is 2.95. The van der Waals surface area contributed by atoms with Gasteiger partial charge in [0.05, 0.1) is 46.6 Å². The van der Waals surface area contributed by atoms with Gasteiger partial charge in [0.15, 0.2) is 0 Å². The molecule has 204 valence electrons. The summed E-state index contributed by atoms with van der Waals surface area (Å²) in [6, 6.07) is 26.2. The first-order valence-corrected chi connectivity index (χ1v) is 14.7. The van der Waals surface area contributed by atoms with E-state index < -0.39 is 0 Å². The van der Waals surface area contributed by atoms with Crippen molar-refractivity contribution in [3.05, 3.63) is 94.3 Å². The van der Waals surface area contributed by atoms with Crippen LogP contribution in [0, 0.1) is 0 Å². The van der Waals surface area contributed by atoms with Crippen molar-refractivity contribution in [3.8, 4) is 22.8 Å². The van der Waals surface area contributed by atoms with E-state index in [1.165, 1.54) is 32.1 Å². The maximum Gasteiger partial charge on any atom is 0.121 e. The van der Waals surface area contributed by atoms with Gasteiger partial charge in [0.25, 0.3) is 0 Å². The fourth-order valence-corrected chi connectivity index (χ4v) is 5.77.